The van der Waals surface area contributed by atoms with Gasteiger partial charge in [-0.25, -0.2) is 0 Å². The van der Waals surface area contributed by atoms with E-state index in [0.29, 0.717) is 13.0 Å². The molecule has 3 nitrogen and oxygen atoms in total. The maximum atomic E-state index is 12.2. The monoisotopic (exact) mass is 291 g/mol. The standard InChI is InChI=1S/C14H20F3NO2/c15-14(16,17)8-7-13(20)18-9-2-1-5-11(18)10-4-3-6-12(10)19/h10-11H,1-9H2. The van der Waals surface area contributed by atoms with Crippen LogP contribution >= 0.6 is 0 Å². The second-order valence-electron chi connectivity index (χ2n) is 5.73. The lowest BCUT2D eigenvalue weighted by Gasteiger charge is -2.39. The molecule has 2 rings (SSSR count). The van der Waals surface area contributed by atoms with Crippen molar-refractivity contribution in [1.29, 1.82) is 0 Å². The highest BCUT2D eigenvalue weighted by atomic mass is 19.4. The smallest absolute Gasteiger partial charge is 0.339 e. The van der Waals surface area contributed by atoms with Crippen LogP contribution in [0.2, 0.25) is 0 Å². The molecule has 0 N–H and O–H groups in total. The summed E-state index contributed by atoms with van der Waals surface area (Å²) in [6.45, 7) is 0.491. The molecule has 2 fully saturated rings. The van der Waals surface area contributed by atoms with Gasteiger partial charge in [0.05, 0.1) is 6.42 Å². The lowest BCUT2D eigenvalue weighted by molar-refractivity contribution is -0.152. The van der Waals surface area contributed by atoms with Crippen molar-refractivity contribution < 1.29 is 22.8 Å². The van der Waals surface area contributed by atoms with Crippen LogP contribution in [0.3, 0.4) is 0 Å². The molecule has 1 aliphatic heterocycles. The number of carbonyl (C=O) groups excluding carboxylic acids is 2. The van der Waals surface area contributed by atoms with E-state index < -0.39 is 24.9 Å². The van der Waals surface area contributed by atoms with Crippen LogP contribution in [0.4, 0.5) is 13.2 Å². The number of Topliss-reactive ketones (excluding diaryl/α,β-unsaturated/α-hetero) is 1. The van der Waals surface area contributed by atoms with E-state index in [0.717, 1.165) is 32.1 Å². The van der Waals surface area contributed by atoms with Crippen molar-refractivity contribution in [3.05, 3.63) is 0 Å². The number of piperidine rings is 1. The molecule has 2 aliphatic rings. The lowest BCUT2D eigenvalue weighted by atomic mass is 9.88. The normalized spacial score (nSPS) is 27.9. The summed E-state index contributed by atoms with van der Waals surface area (Å²) in [4.78, 5) is 25.4. The minimum atomic E-state index is -4.30. The number of alkyl halides is 3. The van der Waals surface area contributed by atoms with Crippen LogP contribution in [0.5, 0.6) is 0 Å². The molecule has 0 spiro atoms. The van der Waals surface area contributed by atoms with Crippen molar-refractivity contribution in [3.8, 4) is 0 Å². The highest BCUT2D eigenvalue weighted by molar-refractivity contribution is 5.85. The van der Waals surface area contributed by atoms with E-state index in [-0.39, 0.29) is 17.7 Å². The zero-order valence-electron chi connectivity index (χ0n) is 11.4. The maximum Gasteiger partial charge on any atom is 0.389 e. The molecule has 0 radical (unpaired) electrons. The number of hydrogen-bond donors (Lipinski definition) is 0. The first-order valence-electron chi connectivity index (χ1n) is 7.27. The molecule has 6 heteroatoms. The van der Waals surface area contributed by atoms with Crippen LogP contribution < -0.4 is 0 Å². The Morgan fingerprint density at radius 2 is 1.95 bits per heavy atom. The van der Waals surface area contributed by atoms with Crippen molar-refractivity contribution in [3.63, 3.8) is 0 Å². The number of hydrogen-bond acceptors (Lipinski definition) is 2. The quantitative estimate of drug-likeness (QED) is 0.801. The zero-order valence-corrected chi connectivity index (χ0v) is 11.4. The third-order valence-electron chi connectivity index (χ3n) is 4.31. The fourth-order valence-corrected chi connectivity index (χ4v) is 3.33. The van der Waals surface area contributed by atoms with Crippen molar-refractivity contribution in [2.24, 2.45) is 5.92 Å². The second-order valence-corrected chi connectivity index (χ2v) is 5.73. The highest BCUT2D eigenvalue weighted by Gasteiger charge is 2.39. The van der Waals surface area contributed by atoms with Gasteiger partial charge >= 0.3 is 6.18 Å². The molecule has 1 saturated heterocycles. The minimum absolute atomic E-state index is 0.148. The van der Waals surface area contributed by atoms with Gasteiger partial charge in [0.1, 0.15) is 5.78 Å². The molecule has 0 aromatic heterocycles. The Bertz CT molecular complexity index is 381. The molecule has 2 unspecified atom stereocenters. The van der Waals surface area contributed by atoms with Crippen LogP contribution in [0.1, 0.15) is 51.4 Å². The van der Waals surface area contributed by atoms with Gasteiger partial charge in [-0.05, 0) is 32.1 Å². The Hall–Kier alpha value is -1.07. The van der Waals surface area contributed by atoms with Gasteiger partial charge in [-0.3, -0.25) is 9.59 Å². The van der Waals surface area contributed by atoms with Gasteiger partial charge in [-0.2, -0.15) is 13.2 Å². The third-order valence-corrected chi connectivity index (χ3v) is 4.31. The molecule has 1 heterocycles. The summed E-state index contributed by atoms with van der Waals surface area (Å²) in [5.41, 5.74) is 0. The summed E-state index contributed by atoms with van der Waals surface area (Å²) in [5, 5.41) is 0. The molecule has 1 aliphatic carbocycles. The average molecular weight is 291 g/mol. The Morgan fingerprint density at radius 1 is 1.20 bits per heavy atom. The van der Waals surface area contributed by atoms with Gasteiger partial charge in [0, 0.05) is 31.3 Å². The summed E-state index contributed by atoms with van der Waals surface area (Å²) in [6.07, 6.45) is -1.22. The molecule has 0 aromatic carbocycles. The van der Waals surface area contributed by atoms with Gasteiger partial charge in [0.15, 0.2) is 0 Å². The molecular weight excluding hydrogens is 271 g/mol. The van der Waals surface area contributed by atoms with E-state index >= 15 is 0 Å². The van der Waals surface area contributed by atoms with Gasteiger partial charge in [-0.1, -0.05) is 0 Å². The van der Waals surface area contributed by atoms with E-state index in [2.05, 4.69) is 0 Å². The van der Waals surface area contributed by atoms with Crippen LogP contribution in [-0.2, 0) is 9.59 Å². The summed E-state index contributed by atoms with van der Waals surface area (Å²) >= 11 is 0. The minimum Gasteiger partial charge on any atom is -0.339 e. The molecule has 20 heavy (non-hydrogen) atoms. The fourth-order valence-electron chi connectivity index (χ4n) is 3.33. The van der Waals surface area contributed by atoms with Crippen molar-refractivity contribution in [2.75, 3.05) is 6.54 Å². The average Bonchev–Trinajstić information content (AvgIpc) is 2.81. The summed E-state index contributed by atoms with van der Waals surface area (Å²) in [5.74, 6) is -0.428. The van der Waals surface area contributed by atoms with E-state index in [4.69, 9.17) is 0 Å². The van der Waals surface area contributed by atoms with Crippen LogP contribution in [0.15, 0.2) is 0 Å². The molecule has 1 saturated carbocycles. The molecule has 0 aromatic rings. The lowest BCUT2D eigenvalue weighted by Crippen LogP contribution is -2.48. The topological polar surface area (TPSA) is 37.4 Å². The number of carbonyl (C=O) groups is 2. The molecule has 2 atom stereocenters. The number of likely N-dealkylation sites (tertiary alicyclic amines) is 1. The van der Waals surface area contributed by atoms with Crippen molar-refractivity contribution in [2.45, 2.75) is 63.6 Å². The van der Waals surface area contributed by atoms with Gasteiger partial charge in [-0.15, -0.1) is 0 Å². The third kappa shape index (κ3) is 3.73. The van der Waals surface area contributed by atoms with E-state index in [1.54, 1.807) is 4.90 Å². The maximum absolute atomic E-state index is 12.2. The number of nitrogens with zero attached hydrogens (tertiary/aromatic N) is 1. The first kappa shape index (κ1) is 15.3. The number of amides is 1. The largest absolute Gasteiger partial charge is 0.389 e. The molecule has 1 amide bonds. The van der Waals surface area contributed by atoms with Crippen molar-refractivity contribution >= 4 is 11.7 Å². The van der Waals surface area contributed by atoms with Gasteiger partial charge in [0.2, 0.25) is 5.91 Å². The zero-order chi connectivity index (χ0) is 14.8. The SMILES string of the molecule is O=C1CCCC1C1CCCCN1C(=O)CCC(F)(F)F. The summed E-state index contributed by atoms with van der Waals surface area (Å²) < 4.78 is 36.7. The Labute approximate surface area is 116 Å². The van der Waals surface area contributed by atoms with Crippen LogP contribution in [-0.4, -0.2) is 35.4 Å². The van der Waals surface area contributed by atoms with Crippen LogP contribution in [0.25, 0.3) is 0 Å². The van der Waals surface area contributed by atoms with Crippen molar-refractivity contribution in [1.82, 2.24) is 4.90 Å². The molecule has 114 valence electrons. The Balaban J connectivity index is 1.99. The van der Waals surface area contributed by atoms with E-state index in [1.807, 2.05) is 0 Å². The number of ketones is 1. The van der Waals surface area contributed by atoms with Crippen LogP contribution in [0, 0.1) is 5.92 Å². The predicted octanol–water partition coefficient (Wildman–Crippen LogP) is 3.08. The highest BCUT2D eigenvalue weighted by Crippen LogP contribution is 2.33. The summed E-state index contributed by atoms with van der Waals surface area (Å²) in [7, 11) is 0. The van der Waals surface area contributed by atoms with E-state index in [1.165, 1.54) is 0 Å². The number of halogens is 3. The Morgan fingerprint density at radius 3 is 2.55 bits per heavy atom. The summed E-state index contributed by atoms with van der Waals surface area (Å²) in [6, 6.07) is -0.167. The molecular formula is C14H20F3NO2. The van der Waals surface area contributed by atoms with Gasteiger partial charge < -0.3 is 4.90 Å². The fraction of sp³-hybridized carbons (Fsp3) is 0.857. The predicted molar refractivity (Wildman–Crippen MR) is 67.0 cm³/mol. The molecule has 0 bridgehead atoms. The number of rotatable bonds is 3. The second kappa shape index (κ2) is 6.14. The van der Waals surface area contributed by atoms with E-state index in [9.17, 15) is 22.8 Å². The van der Waals surface area contributed by atoms with Gasteiger partial charge in [0.25, 0.3) is 0 Å². The first-order valence-corrected chi connectivity index (χ1v) is 7.27. The first-order chi connectivity index (χ1) is 9.38. The Kier molecular flexibility index (Phi) is 4.70.